The van der Waals surface area contributed by atoms with Gasteiger partial charge in [-0.15, -0.1) is 0 Å². The van der Waals surface area contributed by atoms with E-state index in [1.807, 2.05) is 0 Å². The predicted molar refractivity (Wildman–Crippen MR) is 521 cm³/mol. The molecule has 16 aromatic carbocycles. The highest BCUT2D eigenvalue weighted by Crippen LogP contribution is 2.55. The molecule has 0 unspecified atom stereocenters. The average Bonchev–Trinajstić information content (AvgIpc) is 1.32. The van der Waals surface area contributed by atoms with Gasteiger partial charge in [-0.3, -0.25) is 0 Å². The van der Waals surface area contributed by atoms with Gasteiger partial charge < -0.3 is 0 Å². The third-order valence-corrected chi connectivity index (χ3v) is 27.7. The van der Waals surface area contributed by atoms with Gasteiger partial charge in [-0.2, -0.15) is 0 Å². The van der Waals surface area contributed by atoms with Crippen molar-refractivity contribution in [3.8, 4) is 156 Å². The molecule has 0 saturated heterocycles. The molecule has 0 spiro atoms. The SMILES string of the molecule is CC(C)(C)c1ccc(C(C)(C)C)c2nc(-c3ccc(-c4ccc5c(c4)C(C)(C)c4ccccc4-5)cc3)c(-c3ccc(-c4ccc5c(c4)C(C)(C)c4ccccc4-5)cc3)nc12.CC1(C)c2ccccc2-c2ccc(-c3ccc(-c4nc5c(-c6ccccc6)ccc(-c6ccccc6)c5nc4-c4ccc(-c5ccc6c(c5)C(C)(C)c5ccccc5-6)cc4)cc3)cc21. The maximum absolute atomic E-state index is 5.67. The minimum absolute atomic E-state index is 0.0489. The standard InChI is InChI=1S/C62H46N2.C58H54N2/c1-61(2)53-21-13-11-19-49(53)51-33-31-45(37-55(51)61)39-23-27-43(28-24-39)57-58(64-60-48(42-17-9-6-10-18-42)36-35-47(59(60)63-57)41-15-7-5-8-16-41)44-29-25-40(26-30-44)46-32-34-52-50-20-12-14-22-54(50)62(3,4)56(52)38-46;1-55(2,3)47-31-32-48(56(4,5)6)54-53(47)59-51(37-23-19-35(20-24-37)39-27-29-43-41-15-11-13-17-45(41)57(7,8)49(43)33-39)52(60-54)38-25-21-36(22-26-38)40-28-30-44-42-16-12-14-18-46(42)58(9,10)50(44)34-40/h5-38H,1-4H3;11-34H,1-10H3. The highest BCUT2D eigenvalue weighted by molar-refractivity contribution is 6.04. The highest BCUT2D eigenvalue weighted by Gasteiger charge is 2.40. The average molecular weight is 1600 g/mol. The van der Waals surface area contributed by atoms with Crippen LogP contribution in [0.2, 0.25) is 0 Å². The topological polar surface area (TPSA) is 51.6 Å². The molecule has 0 amide bonds. The van der Waals surface area contributed by atoms with Crippen molar-refractivity contribution in [3.63, 3.8) is 0 Å². The molecule has 22 rings (SSSR count). The summed E-state index contributed by atoms with van der Waals surface area (Å²) in [6, 6.07) is 129. The normalized spacial score (nSPS) is 14.3. The summed E-state index contributed by atoms with van der Waals surface area (Å²) in [5, 5.41) is 0. The molecule has 600 valence electrons. The first-order valence-electron chi connectivity index (χ1n) is 44.0. The van der Waals surface area contributed by atoms with Crippen LogP contribution in [0.15, 0.2) is 352 Å². The largest absolute Gasteiger partial charge is 0.244 e. The van der Waals surface area contributed by atoms with Crippen LogP contribution in [-0.4, -0.2) is 19.9 Å². The van der Waals surface area contributed by atoms with Gasteiger partial charge in [-0.1, -0.05) is 425 Å². The Morgan fingerprint density at radius 1 is 0.161 bits per heavy atom. The Bertz CT molecular complexity index is 6910. The van der Waals surface area contributed by atoms with E-state index in [2.05, 4.69) is 449 Å². The molecule has 4 heteroatoms. The van der Waals surface area contributed by atoms with Crippen LogP contribution in [0.5, 0.6) is 0 Å². The molecule has 4 nitrogen and oxygen atoms in total. The molecule has 0 aliphatic heterocycles. The summed E-state index contributed by atoms with van der Waals surface area (Å²) in [4.78, 5) is 22.6. The molecule has 18 aromatic rings. The Morgan fingerprint density at radius 3 is 0.597 bits per heavy atom. The van der Waals surface area contributed by atoms with E-state index in [-0.39, 0.29) is 32.5 Å². The van der Waals surface area contributed by atoms with E-state index in [0.29, 0.717) is 0 Å². The summed E-state index contributed by atoms with van der Waals surface area (Å²) < 4.78 is 0. The van der Waals surface area contributed by atoms with Crippen molar-refractivity contribution in [3.05, 3.63) is 407 Å². The third-order valence-electron chi connectivity index (χ3n) is 27.7. The first-order chi connectivity index (χ1) is 59.7. The minimum atomic E-state index is -0.111. The molecular weight excluding hydrogens is 1500 g/mol. The molecule has 0 radical (unpaired) electrons. The van der Waals surface area contributed by atoms with Gasteiger partial charge in [0.2, 0.25) is 0 Å². The molecular formula is C120H100N4. The van der Waals surface area contributed by atoms with Gasteiger partial charge in [0.25, 0.3) is 0 Å². The summed E-state index contributed by atoms with van der Waals surface area (Å²) in [5.74, 6) is 0. The van der Waals surface area contributed by atoms with Gasteiger partial charge in [0.05, 0.1) is 44.8 Å². The zero-order chi connectivity index (χ0) is 85.1. The minimum Gasteiger partial charge on any atom is -0.244 e. The molecule has 0 fully saturated rings. The van der Waals surface area contributed by atoms with E-state index in [1.165, 1.54) is 145 Å². The molecule has 4 aliphatic carbocycles. The summed E-state index contributed by atoms with van der Waals surface area (Å²) in [6.45, 7) is 32.4. The fraction of sp³-hybridized carbons (Fsp3) is 0.167. The Kier molecular flexibility index (Phi) is 18.1. The lowest BCUT2D eigenvalue weighted by Crippen LogP contribution is -2.17. The van der Waals surface area contributed by atoms with Crippen molar-refractivity contribution in [2.45, 2.75) is 129 Å². The number of benzene rings is 16. The lowest BCUT2D eigenvalue weighted by Gasteiger charge is -2.26. The van der Waals surface area contributed by atoms with Crippen molar-refractivity contribution in [2.75, 3.05) is 0 Å². The van der Waals surface area contributed by atoms with Crippen LogP contribution in [0.4, 0.5) is 0 Å². The Balaban J connectivity index is 0.000000152. The van der Waals surface area contributed by atoms with Gasteiger partial charge in [0.15, 0.2) is 0 Å². The van der Waals surface area contributed by atoms with E-state index in [0.717, 1.165) is 89.4 Å². The summed E-state index contributed by atoms with van der Waals surface area (Å²) in [6.07, 6.45) is 0. The van der Waals surface area contributed by atoms with Crippen LogP contribution in [0, 0.1) is 0 Å². The Labute approximate surface area is 730 Å². The summed E-state index contributed by atoms with van der Waals surface area (Å²) in [7, 11) is 0. The second-order valence-electron chi connectivity index (χ2n) is 38.8. The second kappa shape index (κ2) is 28.9. The maximum atomic E-state index is 5.67. The monoisotopic (exact) mass is 1600 g/mol. The fourth-order valence-corrected chi connectivity index (χ4v) is 20.8. The first kappa shape index (κ1) is 77.5. The zero-order valence-corrected chi connectivity index (χ0v) is 73.3. The smallest absolute Gasteiger partial charge is 0.0979 e. The van der Waals surface area contributed by atoms with Gasteiger partial charge in [0.1, 0.15) is 0 Å². The van der Waals surface area contributed by atoms with Gasteiger partial charge in [-0.05, 0) is 191 Å². The van der Waals surface area contributed by atoms with Crippen LogP contribution >= 0.6 is 0 Å². The third kappa shape index (κ3) is 12.8. The lowest BCUT2D eigenvalue weighted by atomic mass is 9.80. The molecule has 2 heterocycles. The molecule has 4 aliphatic rings. The molecule has 0 saturated carbocycles. The van der Waals surface area contributed by atoms with E-state index in [4.69, 9.17) is 19.9 Å². The number of hydrogen-bond donors (Lipinski definition) is 0. The quantitative estimate of drug-likeness (QED) is 0.137. The van der Waals surface area contributed by atoms with E-state index in [9.17, 15) is 0 Å². The van der Waals surface area contributed by atoms with Gasteiger partial charge >= 0.3 is 0 Å². The lowest BCUT2D eigenvalue weighted by molar-refractivity contribution is 0.583. The number of nitrogens with zero attached hydrogens (tertiary/aromatic N) is 4. The van der Waals surface area contributed by atoms with E-state index < -0.39 is 0 Å². The van der Waals surface area contributed by atoms with Crippen molar-refractivity contribution in [2.24, 2.45) is 0 Å². The van der Waals surface area contributed by atoms with Crippen molar-refractivity contribution in [1.82, 2.24) is 19.9 Å². The van der Waals surface area contributed by atoms with Crippen LogP contribution in [0.1, 0.15) is 153 Å². The Morgan fingerprint density at radius 2 is 0.355 bits per heavy atom. The zero-order valence-electron chi connectivity index (χ0n) is 73.3. The first-order valence-corrected chi connectivity index (χ1v) is 44.0. The van der Waals surface area contributed by atoms with Crippen LogP contribution in [-0.2, 0) is 32.5 Å². The predicted octanol–water partition coefficient (Wildman–Crippen LogP) is 31.7. The van der Waals surface area contributed by atoms with Crippen LogP contribution in [0.3, 0.4) is 0 Å². The number of hydrogen-bond acceptors (Lipinski definition) is 4. The van der Waals surface area contributed by atoms with Crippen molar-refractivity contribution < 1.29 is 0 Å². The fourth-order valence-electron chi connectivity index (χ4n) is 20.8. The molecule has 0 bridgehead atoms. The number of rotatable bonds is 10. The van der Waals surface area contributed by atoms with Crippen molar-refractivity contribution >= 4 is 22.1 Å². The summed E-state index contributed by atoms with van der Waals surface area (Å²) >= 11 is 0. The summed E-state index contributed by atoms with van der Waals surface area (Å²) in [5.41, 5.74) is 49.2. The Hall–Kier alpha value is -13.8. The molecule has 2 aromatic heterocycles. The number of fused-ring (bicyclic) bond motifs is 14. The van der Waals surface area contributed by atoms with E-state index >= 15 is 0 Å². The molecule has 124 heavy (non-hydrogen) atoms. The maximum Gasteiger partial charge on any atom is 0.0979 e. The number of aromatic nitrogens is 4. The van der Waals surface area contributed by atoms with E-state index in [1.54, 1.807) is 0 Å². The van der Waals surface area contributed by atoms with Crippen LogP contribution < -0.4 is 0 Å². The molecule has 0 atom stereocenters. The van der Waals surface area contributed by atoms with Crippen molar-refractivity contribution in [1.29, 1.82) is 0 Å². The van der Waals surface area contributed by atoms with Gasteiger partial charge in [0, 0.05) is 55.0 Å². The highest BCUT2D eigenvalue weighted by atomic mass is 14.9. The van der Waals surface area contributed by atoms with Gasteiger partial charge in [-0.25, -0.2) is 19.9 Å². The van der Waals surface area contributed by atoms with Crippen LogP contribution in [0.25, 0.3) is 178 Å². The molecule has 0 N–H and O–H groups in total. The second-order valence-corrected chi connectivity index (χ2v) is 38.8.